The number of carbonyl (C=O) groups excluding carboxylic acids is 1. The normalized spacial score (nSPS) is 26.4. The van der Waals surface area contributed by atoms with E-state index in [1.165, 1.54) is 20.4 Å². The van der Waals surface area contributed by atoms with Crippen molar-refractivity contribution in [2.45, 2.75) is 13.0 Å². The van der Waals surface area contributed by atoms with Gasteiger partial charge in [0.2, 0.25) is 0 Å². The van der Waals surface area contributed by atoms with Crippen molar-refractivity contribution in [1.29, 1.82) is 0 Å². The molecule has 0 N–H and O–H groups in total. The molecule has 0 aliphatic carbocycles. The van der Waals surface area contributed by atoms with Crippen LogP contribution in [0.5, 0.6) is 0 Å². The Bertz CT molecular complexity index is 746. The Morgan fingerprint density at radius 3 is 3.19 bits per heavy atom. The monoisotopic (exact) mass is 412 g/mol. The first-order chi connectivity index (χ1) is 10.3. The summed E-state index contributed by atoms with van der Waals surface area (Å²) in [4.78, 5) is 21.5. The van der Waals surface area contributed by atoms with Crippen molar-refractivity contribution in [2.24, 2.45) is 5.92 Å². The molecule has 21 heavy (non-hydrogen) atoms. The van der Waals surface area contributed by atoms with Gasteiger partial charge in [0.05, 0.1) is 0 Å². The maximum atomic E-state index is 12.9. The number of aromatic nitrogens is 1. The zero-order valence-corrected chi connectivity index (χ0v) is 14.8. The Balaban J connectivity index is 1.72. The summed E-state index contributed by atoms with van der Waals surface area (Å²) < 4.78 is 5.19. The van der Waals surface area contributed by atoms with E-state index in [4.69, 9.17) is 0 Å². The molecule has 0 bridgehead atoms. The number of nitrogens with zero attached hydrogens (tertiary/aromatic N) is 3. The van der Waals surface area contributed by atoms with Crippen molar-refractivity contribution in [3.63, 3.8) is 0 Å². The molecule has 4 aliphatic heterocycles. The molecule has 4 aliphatic rings. The third-order valence-electron chi connectivity index (χ3n) is 4.54. The molecule has 0 saturated carbocycles. The molecule has 1 aromatic rings. The zero-order chi connectivity index (χ0) is 14.0. The Morgan fingerprint density at radius 1 is 1.29 bits per heavy atom. The van der Waals surface area contributed by atoms with Crippen molar-refractivity contribution in [3.05, 3.63) is 43.0 Å². The summed E-state index contributed by atoms with van der Waals surface area (Å²) in [5, 5.41) is 0. The quantitative estimate of drug-likeness (QED) is 0.455. The molecular weight excluding hydrogens is 396 g/mol. The van der Waals surface area contributed by atoms with Gasteiger partial charge in [-0.15, -0.1) is 0 Å². The van der Waals surface area contributed by atoms with E-state index in [0.717, 1.165) is 26.1 Å². The van der Waals surface area contributed by atoms with Gasteiger partial charge in [0.25, 0.3) is 0 Å². The number of fused-ring (bicyclic) bond motifs is 5. The molecule has 0 spiro atoms. The Labute approximate surface area is 135 Å². The summed E-state index contributed by atoms with van der Waals surface area (Å²) >= 11 is 0.793. The summed E-state index contributed by atoms with van der Waals surface area (Å²) in [7, 11) is 0. The van der Waals surface area contributed by atoms with E-state index in [-0.39, 0.29) is 6.03 Å². The summed E-state index contributed by atoms with van der Waals surface area (Å²) in [6, 6.07) is 0.200. The fourth-order valence-corrected chi connectivity index (χ4v) is 7.65. The van der Waals surface area contributed by atoms with Gasteiger partial charge in [-0.25, -0.2) is 0 Å². The molecule has 5 rings (SSSR count). The van der Waals surface area contributed by atoms with Crippen molar-refractivity contribution < 1.29 is 9.36 Å². The van der Waals surface area contributed by atoms with Crippen LogP contribution in [0.2, 0.25) is 0 Å². The predicted octanol–water partition coefficient (Wildman–Crippen LogP) is 0.586. The first-order valence-electron chi connectivity index (χ1n) is 7.18. The Kier molecular flexibility index (Phi) is 2.65. The first kappa shape index (κ1) is 12.5. The molecule has 0 saturated heterocycles. The third kappa shape index (κ3) is 1.68. The van der Waals surface area contributed by atoms with Gasteiger partial charge in [-0.3, -0.25) is 0 Å². The second kappa shape index (κ2) is 4.47. The van der Waals surface area contributed by atoms with Crippen LogP contribution >= 0.6 is 0 Å². The molecule has 4 nitrogen and oxygen atoms in total. The average Bonchev–Trinajstić information content (AvgIpc) is 3.16. The van der Waals surface area contributed by atoms with Crippen LogP contribution in [0.4, 0.5) is 4.79 Å². The summed E-state index contributed by atoms with van der Waals surface area (Å²) in [6.45, 7) is 2.61. The van der Waals surface area contributed by atoms with Gasteiger partial charge in [-0.1, -0.05) is 0 Å². The van der Waals surface area contributed by atoms with Gasteiger partial charge >= 0.3 is 135 Å². The number of amides is 2. The van der Waals surface area contributed by atoms with Gasteiger partial charge in [0.1, 0.15) is 0 Å². The molecule has 1 atom stereocenters. The van der Waals surface area contributed by atoms with Gasteiger partial charge < -0.3 is 0 Å². The van der Waals surface area contributed by atoms with E-state index in [1.54, 1.807) is 0 Å². The number of hydrogen-bond donors (Lipinski definition) is 0. The van der Waals surface area contributed by atoms with Crippen LogP contribution in [0.15, 0.2) is 38.4 Å². The Morgan fingerprint density at radius 2 is 2.24 bits per heavy atom. The fourth-order valence-electron chi connectivity index (χ4n) is 3.47. The van der Waals surface area contributed by atoms with Gasteiger partial charge in [0, 0.05) is 0 Å². The first-order valence-corrected chi connectivity index (χ1v) is 10.9. The molecule has 1 aromatic heterocycles. The van der Waals surface area contributed by atoms with E-state index in [1.807, 2.05) is 9.80 Å². The number of urea groups is 1. The minimum atomic E-state index is 0.200. The van der Waals surface area contributed by atoms with E-state index in [9.17, 15) is 4.79 Å². The number of carbonyl (C=O) groups is 1. The number of rotatable bonds is 0. The van der Waals surface area contributed by atoms with E-state index >= 15 is 0 Å². The SMILES string of the molecule is O=C1N2CC[n+]3cc[se]c3C2=CC2=C3[Se]C=CC3CCN12. The molecule has 5 heterocycles. The van der Waals surface area contributed by atoms with Crippen LogP contribution in [0, 0.1) is 5.92 Å². The van der Waals surface area contributed by atoms with Crippen molar-refractivity contribution in [2.75, 3.05) is 13.1 Å². The van der Waals surface area contributed by atoms with Crippen molar-refractivity contribution in [1.82, 2.24) is 9.80 Å². The van der Waals surface area contributed by atoms with Gasteiger partial charge in [-0.05, 0) is 0 Å². The molecule has 0 fully saturated rings. The summed E-state index contributed by atoms with van der Waals surface area (Å²) in [5.74, 6) is 0.587. The van der Waals surface area contributed by atoms with E-state index in [2.05, 4.69) is 32.8 Å². The Hall–Kier alpha value is -1.06. The topological polar surface area (TPSA) is 27.4 Å². The average molecular weight is 410 g/mol. The van der Waals surface area contributed by atoms with Crippen LogP contribution in [0.25, 0.3) is 5.70 Å². The number of allylic oxidation sites excluding steroid dienone is 3. The summed E-state index contributed by atoms with van der Waals surface area (Å²) in [5.41, 5.74) is 2.38. The van der Waals surface area contributed by atoms with E-state index < -0.39 is 0 Å². The zero-order valence-electron chi connectivity index (χ0n) is 11.4. The van der Waals surface area contributed by atoms with Crippen LogP contribution in [0.1, 0.15) is 11.0 Å². The van der Waals surface area contributed by atoms with Crippen LogP contribution in [0.3, 0.4) is 0 Å². The van der Waals surface area contributed by atoms with Crippen LogP contribution < -0.4 is 4.57 Å². The molecule has 1 unspecified atom stereocenters. The maximum absolute atomic E-state index is 12.9. The molecule has 2 amide bonds. The summed E-state index contributed by atoms with van der Waals surface area (Å²) in [6.07, 6.45) is 7.92. The van der Waals surface area contributed by atoms with Crippen LogP contribution in [-0.4, -0.2) is 58.4 Å². The van der Waals surface area contributed by atoms with Gasteiger partial charge in [0.15, 0.2) is 0 Å². The minimum absolute atomic E-state index is 0.200. The standard InChI is InChI=1S/C15H14N3OSe2/c19-15-17-3-1-10-2-7-20-13(10)11(17)9-12-14-16(6-8-21-14)4-5-18(12)15/h2,6-10H,1,3-5H2/q+1. The molecule has 106 valence electrons. The van der Waals surface area contributed by atoms with Crippen LogP contribution in [-0.2, 0) is 6.54 Å². The molecule has 0 aromatic carbocycles. The van der Waals surface area contributed by atoms with Gasteiger partial charge in [-0.2, -0.15) is 0 Å². The number of hydrogen-bond acceptors (Lipinski definition) is 1. The molecule has 6 heteroatoms. The second-order valence-electron chi connectivity index (χ2n) is 5.61. The molecular formula is C15H14N3OSe2+. The van der Waals surface area contributed by atoms with Crippen molar-refractivity contribution in [3.8, 4) is 0 Å². The van der Waals surface area contributed by atoms with E-state index in [0.29, 0.717) is 35.4 Å². The fraction of sp³-hybridized carbons (Fsp3) is 0.333. The predicted molar refractivity (Wildman–Crippen MR) is 80.4 cm³/mol. The second-order valence-corrected chi connectivity index (χ2v) is 9.47. The third-order valence-corrected chi connectivity index (χ3v) is 8.70. The van der Waals surface area contributed by atoms with Crippen molar-refractivity contribution >= 4 is 41.2 Å². The molecule has 0 radical (unpaired) electrons.